The SMILES string of the molecule is CNC(=O)C(C)(C)CNc1ccnc2ccccc12. The minimum atomic E-state index is -0.459. The summed E-state index contributed by atoms with van der Waals surface area (Å²) < 4.78 is 0. The molecule has 0 aliphatic rings. The summed E-state index contributed by atoms with van der Waals surface area (Å²) in [6, 6.07) is 9.89. The second-order valence-electron chi connectivity index (χ2n) is 5.19. The van der Waals surface area contributed by atoms with Gasteiger partial charge >= 0.3 is 0 Å². The number of carbonyl (C=O) groups excluding carboxylic acids is 1. The third-order valence-electron chi connectivity index (χ3n) is 3.21. The summed E-state index contributed by atoms with van der Waals surface area (Å²) in [6.07, 6.45) is 1.78. The van der Waals surface area contributed by atoms with E-state index >= 15 is 0 Å². The van der Waals surface area contributed by atoms with E-state index in [1.54, 1.807) is 13.2 Å². The van der Waals surface area contributed by atoms with Gasteiger partial charge in [-0.3, -0.25) is 9.78 Å². The van der Waals surface area contributed by atoms with Crippen LogP contribution >= 0.6 is 0 Å². The number of nitrogens with one attached hydrogen (secondary N) is 2. The van der Waals surface area contributed by atoms with Gasteiger partial charge in [0.15, 0.2) is 0 Å². The Morgan fingerprint density at radius 1 is 1.26 bits per heavy atom. The van der Waals surface area contributed by atoms with Crippen molar-refractivity contribution < 1.29 is 4.79 Å². The van der Waals surface area contributed by atoms with Crippen LogP contribution in [0.5, 0.6) is 0 Å². The molecule has 1 aromatic carbocycles. The summed E-state index contributed by atoms with van der Waals surface area (Å²) >= 11 is 0. The van der Waals surface area contributed by atoms with E-state index in [1.165, 1.54) is 0 Å². The predicted octanol–water partition coefficient (Wildman–Crippen LogP) is 2.42. The Bertz CT molecular complexity index is 587. The second-order valence-corrected chi connectivity index (χ2v) is 5.19. The van der Waals surface area contributed by atoms with Gasteiger partial charge < -0.3 is 10.6 Å². The Hall–Kier alpha value is -2.10. The number of anilines is 1. The maximum Gasteiger partial charge on any atom is 0.227 e. The average Bonchev–Trinajstić information content (AvgIpc) is 2.44. The number of fused-ring (bicyclic) bond motifs is 1. The molecule has 2 aromatic rings. The zero-order chi connectivity index (χ0) is 13.9. The first-order valence-corrected chi connectivity index (χ1v) is 6.34. The molecule has 1 aromatic heterocycles. The number of amides is 1. The fourth-order valence-electron chi connectivity index (χ4n) is 1.98. The highest BCUT2D eigenvalue weighted by molar-refractivity contribution is 5.91. The largest absolute Gasteiger partial charge is 0.383 e. The lowest BCUT2D eigenvalue weighted by Gasteiger charge is -2.23. The van der Waals surface area contributed by atoms with Crippen molar-refractivity contribution in [3.05, 3.63) is 36.5 Å². The Kier molecular flexibility index (Phi) is 3.69. The Balaban J connectivity index is 2.21. The van der Waals surface area contributed by atoms with E-state index in [1.807, 2.05) is 44.2 Å². The highest BCUT2D eigenvalue weighted by atomic mass is 16.2. The number of hydrogen-bond acceptors (Lipinski definition) is 3. The van der Waals surface area contributed by atoms with Crippen LogP contribution in [0, 0.1) is 5.41 Å². The van der Waals surface area contributed by atoms with E-state index in [-0.39, 0.29) is 5.91 Å². The van der Waals surface area contributed by atoms with Crippen LogP contribution in [0.15, 0.2) is 36.5 Å². The van der Waals surface area contributed by atoms with Crippen LogP contribution in [0.4, 0.5) is 5.69 Å². The van der Waals surface area contributed by atoms with Gasteiger partial charge in [-0.2, -0.15) is 0 Å². The minimum absolute atomic E-state index is 0.0263. The van der Waals surface area contributed by atoms with E-state index in [9.17, 15) is 4.79 Å². The molecule has 0 fully saturated rings. The van der Waals surface area contributed by atoms with Gasteiger partial charge in [0.25, 0.3) is 0 Å². The summed E-state index contributed by atoms with van der Waals surface area (Å²) in [4.78, 5) is 16.1. The number of hydrogen-bond donors (Lipinski definition) is 2. The molecule has 4 heteroatoms. The number of nitrogens with zero attached hydrogens (tertiary/aromatic N) is 1. The highest BCUT2D eigenvalue weighted by Crippen LogP contribution is 2.23. The van der Waals surface area contributed by atoms with Crippen molar-refractivity contribution in [2.45, 2.75) is 13.8 Å². The fourth-order valence-corrected chi connectivity index (χ4v) is 1.98. The van der Waals surface area contributed by atoms with Gasteiger partial charge in [0.1, 0.15) is 0 Å². The van der Waals surface area contributed by atoms with Crippen LogP contribution in [0.25, 0.3) is 10.9 Å². The topological polar surface area (TPSA) is 54.0 Å². The molecule has 19 heavy (non-hydrogen) atoms. The molecule has 2 N–H and O–H groups in total. The standard InChI is InChI=1S/C15H19N3O/c1-15(2,14(19)16-3)10-18-13-8-9-17-12-7-5-4-6-11(12)13/h4-9H,10H2,1-3H3,(H,16,19)(H,17,18). The van der Waals surface area contributed by atoms with Crippen molar-refractivity contribution in [1.29, 1.82) is 0 Å². The summed E-state index contributed by atoms with van der Waals surface area (Å²) in [7, 11) is 1.66. The molecule has 0 atom stereocenters. The quantitative estimate of drug-likeness (QED) is 0.884. The van der Waals surface area contributed by atoms with E-state index in [2.05, 4.69) is 15.6 Å². The van der Waals surface area contributed by atoms with Crippen LogP contribution < -0.4 is 10.6 Å². The summed E-state index contributed by atoms with van der Waals surface area (Å²) in [5, 5.41) is 7.10. The minimum Gasteiger partial charge on any atom is -0.383 e. The monoisotopic (exact) mass is 257 g/mol. The van der Waals surface area contributed by atoms with Crippen LogP contribution in [0.1, 0.15) is 13.8 Å². The zero-order valence-corrected chi connectivity index (χ0v) is 11.5. The van der Waals surface area contributed by atoms with Gasteiger partial charge in [0.05, 0.1) is 10.9 Å². The third kappa shape index (κ3) is 2.84. The van der Waals surface area contributed by atoms with Gasteiger partial charge in [-0.15, -0.1) is 0 Å². The number of rotatable bonds is 4. The molecule has 0 bridgehead atoms. The molecule has 2 rings (SSSR count). The van der Waals surface area contributed by atoms with E-state index < -0.39 is 5.41 Å². The molecule has 0 spiro atoms. The van der Waals surface area contributed by atoms with Crippen LogP contribution in [0.2, 0.25) is 0 Å². The summed E-state index contributed by atoms with van der Waals surface area (Å²) in [5.41, 5.74) is 1.49. The Labute approximate surface area is 113 Å². The molecule has 4 nitrogen and oxygen atoms in total. The molecule has 0 saturated carbocycles. The highest BCUT2D eigenvalue weighted by Gasteiger charge is 2.26. The lowest BCUT2D eigenvalue weighted by Crippen LogP contribution is -2.39. The van der Waals surface area contributed by atoms with Gasteiger partial charge in [-0.25, -0.2) is 0 Å². The fraction of sp³-hybridized carbons (Fsp3) is 0.333. The lowest BCUT2D eigenvalue weighted by atomic mass is 9.92. The number of benzene rings is 1. The first kappa shape index (κ1) is 13.3. The molecule has 0 radical (unpaired) electrons. The Morgan fingerprint density at radius 3 is 2.74 bits per heavy atom. The first-order valence-electron chi connectivity index (χ1n) is 6.34. The Morgan fingerprint density at radius 2 is 2.00 bits per heavy atom. The first-order chi connectivity index (χ1) is 9.04. The van der Waals surface area contributed by atoms with E-state index in [4.69, 9.17) is 0 Å². The maximum atomic E-state index is 11.8. The van der Waals surface area contributed by atoms with Crippen molar-refractivity contribution in [2.75, 3.05) is 18.9 Å². The number of pyridine rings is 1. The number of aromatic nitrogens is 1. The normalized spacial score (nSPS) is 11.3. The number of carbonyl (C=O) groups is 1. The average molecular weight is 257 g/mol. The van der Waals surface area contributed by atoms with Gasteiger partial charge in [0.2, 0.25) is 5.91 Å². The van der Waals surface area contributed by atoms with Crippen molar-refractivity contribution in [2.24, 2.45) is 5.41 Å². The van der Waals surface area contributed by atoms with Crippen LogP contribution in [-0.4, -0.2) is 24.5 Å². The smallest absolute Gasteiger partial charge is 0.227 e. The van der Waals surface area contributed by atoms with Crippen LogP contribution in [0.3, 0.4) is 0 Å². The summed E-state index contributed by atoms with van der Waals surface area (Å²) in [5.74, 6) is 0.0263. The molecule has 0 aliphatic heterocycles. The zero-order valence-electron chi connectivity index (χ0n) is 11.5. The van der Waals surface area contributed by atoms with Crippen LogP contribution in [-0.2, 0) is 4.79 Å². The van der Waals surface area contributed by atoms with Crippen molar-refractivity contribution in [3.8, 4) is 0 Å². The van der Waals surface area contributed by atoms with Crippen molar-refractivity contribution >= 4 is 22.5 Å². The molecule has 1 amide bonds. The van der Waals surface area contributed by atoms with Crippen molar-refractivity contribution in [3.63, 3.8) is 0 Å². The second kappa shape index (κ2) is 5.26. The lowest BCUT2D eigenvalue weighted by molar-refractivity contribution is -0.128. The molecule has 100 valence electrons. The molecule has 0 aliphatic carbocycles. The molecule has 0 saturated heterocycles. The molecule has 1 heterocycles. The number of para-hydroxylation sites is 1. The molecular weight excluding hydrogens is 238 g/mol. The van der Waals surface area contributed by atoms with Gasteiger partial charge in [-0.1, -0.05) is 18.2 Å². The maximum absolute atomic E-state index is 11.8. The molecular formula is C15H19N3O. The predicted molar refractivity (Wildman–Crippen MR) is 78.1 cm³/mol. The summed E-state index contributed by atoms with van der Waals surface area (Å²) in [6.45, 7) is 4.41. The van der Waals surface area contributed by atoms with Gasteiger partial charge in [-0.05, 0) is 26.0 Å². The molecule has 0 unspecified atom stereocenters. The van der Waals surface area contributed by atoms with Gasteiger partial charge in [0, 0.05) is 30.9 Å². The van der Waals surface area contributed by atoms with E-state index in [0.717, 1.165) is 16.6 Å². The van der Waals surface area contributed by atoms with Crippen molar-refractivity contribution in [1.82, 2.24) is 10.3 Å². The third-order valence-corrected chi connectivity index (χ3v) is 3.21. The van der Waals surface area contributed by atoms with E-state index in [0.29, 0.717) is 6.54 Å².